The predicted octanol–water partition coefficient (Wildman–Crippen LogP) is 3.12. The molecule has 1 atom stereocenters. The number of para-hydroxylation sites is 1. The van der Waals surface area contributed by atoms with Crippen molar-refractivity contribution in [2.75, 3.05) is 18.0 Å². The zero-order chi connectivity index (χ0) is 19.5. The Morgan fingerprint density at radius 3 is 2.79 bits per heavy atom. The van der Waals surface area contributed by atoms with Crippen LogP contribution < -0.4 is 15.5 Å². The number of nitrogens with one attached hydrogen (secondary N) is 3. The normalized spacial score (nSPS) is 16.5. The fraction of sp³-hybridized carbons (Fsp3) is 0.273. The molecule has 1 saturated heterocycles. The van der Waals surface area contributed by atoms with Crippen LogP contribution in [0.2, 0.25) is 0 Å². The number of nitrogens with zero attached hydrogens (tertiary/aromatic N) is 1. The molecule has 3 amide bonds. The maximum atomic E-state index is 12.3. The smallest absolute Gasteiger partial charge is 0.315 e. The van der Waals surface area contributed by atoms with Crippen molar-refractivity contribution in [2.45, 2.75) is 25.8 Å². The molecule has 2 heterocycles. The second-order valence-electron chi connectivity index (χ2n) is 7.25. The van der Waals surface area contributed by atoms with E-state index in [4.69, 9.17) is 0 Å². The molecule has 2 aromatic carbocycles. The molecule has 0 spiro atoms. The molecular formula is C22H24N4O2. The van der Waals surface area contributed by atoms with E-state index < -0.39 is 0 Å². The van der Waals surface area contributed by atoms with Crippen molar-refractivity contribution in [2.24, 2.45) is 0 Å². The molecule has 0 radical (unpaired) electrons. The number of urea groups is 1. The molecule has 6 nitrogen and oxygen atoms in total. The molecule has 3 aromatic rings. The van der Waals surface area contributed by atoms with Gasteiger partial charge in [0.05, 0.1) is 6.04 Å². The molecule has 1 fully saturated rings. The summed E-state index contributed by atoms with van der Waals surface area (Å²) >= 11 is 0. The number of aryl methyl sites for hydroxylation is 1. The first-order chi connectivity index (χ1) is 13.6. The lowest BCUT2D eigenvalue weighted by Crippen LogP contribution is -2.43. The van der Waals surface area contributed by atoms with Gasteiger partial charge in [0.25, 0.3) is 0 Å². The van der Waals surface area contributed by atoms with E-state index >= 15 is 0 Å². The van der Waals surface area contributed by atoms with Crippen LogP contribution in [0.5, 0.6) is 0 Å². The third kappa shape index (κ3) is 3.86. The van der Waals surface area contributed by atoms with Gasteiger partial charge in [-0.15, -0.1) is 0 Å². The Kier molecular flexibility index (Phi) is 5.02. The van der Waals surface area contributed by atoms with E-state index in [1.165, 1.54) is 10.9 Å². The number of H-pyrrole nitrogens is 1. The van der Waals surface area contributed by atoms with Crippen LogP contribution in [0.25, 0.3) is 10.9 Å². The van der Waals surface area contributed by atoms with E-state index in [1.807, 2.05) is 55.6 Å². The minimum absolute atomic E-state index is 0.0351. The van der Waals surface area contributed by atoms with Gasteiger partial charge < -0.3 is 20.5 Å². The van der Waals surface area contributed by atoms with Crippen molar-refractivity contribution in [3.05, 3.63) is 65.9 Å². The lowest BCUT2D eigenvalue weighted by atomic mass is 10.1. The Bertz CT molecular complexity index is 993. The lowest BCUT2D eigenvalue weighted by Gasteiger charge is -2.17. The lowest BCUT2D eigenvalue weighted by molar-refractivity contribution is -0.117. The van der Waals surface area contributed by atoms with Gasteiger partial charge in [0.1, 0.15) is 0 Å². The van der Waals surface area contributed by atoms with Gasteiger partial charge in [-0.05, 0) is 37.1 Å². The highest BCUT2D eigenvalue weighted by atomic mass is 16.2. The number of hydrogen-bond donors (Lipinski definition) is 3. The quantitative estimate of drug-likeness (QED) is 0.640. The van der Waals surface area contributed by atoms with Gasteiger partial charge in [-0.3, -0.25) is 4.79 Å². The number of benzene rings is 2. The van der Waals surface area contributed by atoms with E-state index in [0.717, 1.165) is 23.2 Å². The minimum atomic E-state index is -0.233. The summed E-state index contributed by atoms with van der Waals surface area (Å²) in [5.41, 5.74) is 4.31. The number of carbonyl (C=O) groups excluding carboxylic acids is 2. The Morgan fingerprint density at radius 2 is 1.96 bits per heavy atom. The van der Waals surface area contributed by atoms with Gasteiger partial charge in [0, 0.05) is 42.3 Å². The van der Waals surface area contributed by atoms with E-state index in [1.54, 1.807) is 4.90 Å². The van der Waals surface area contributed by atoms with Gasteiger partial charge in [-0.1, -0.05) is 35.9 Å². The summed E-state index contributed by atoms with van der Waals surface area (Å²) in [4.78, 5) is 29.5. The van der Waals surface area contributed by atoms with Crippen LogP contribution in [0.1, 0.15) is 17.5 Å². The highest BCUT2D eigenvalue weighted by Gasteiger charge is 2.31. The molecule has 0 aliphatic carbocycles. The van der Waals surface area contributed by atoms with Crippen molar-refractivity contribution in [1.29, 1.82) is 0 Å². The fourth-order valence-electron chi connectivity index (χ4n) is 3.66. The van der Waals surface area contributed by atoms with Gasteiger partial charge in [-0.2, -0.15) is 0 Å². The van der Waals surface area contributed by atoms with E-state index in [9.17, 15) is 9.59 Å². The van der Waals surface area contributed by atoms with Crippen LogP contribution in [-0.4, -0.2) is 36.1 Å². The first-order valence-corrected chi connectivity index (χ1v) is 9.56. The Balaban J connectivity index is 1.27. The molecule has 0 bridgehead atoms. The third-order valence-corrected chi connectivity index (χ3v) is 5.16. The summed E-state index contributed by atoms with van der Waals surface area (Å²) < 4.78 is 0. The first kappa shape index (κ1) is 18.1. The minimum Gasteiger partial charge on any atom is -0.361 e. The number of amides is 3. The molecule has 144 valence electrons. The van der Waals surface area contributed by atoms with Gasteiger partial charge >= 0.3 is 6.03 Å². The van der Waals surface area contributed by atoms with Crippen molar-refractivity contribution in [3.63, 3.8) is 0 Å². The van der Waals surface area contributed by atoms with Crippen molar-refractivity contribution < 1.29 is 9.59 Å². The predicted molar refractivity (Wildman–Crippen MR) is 110 cm³/mol. The molecule has 1 aromatic heterocycles. The zero-order valence-corrected chi connectivity index (χ0v) is 15.9. The number of anilines is 1. The molecule has 4 rings (SSSR count). The first-order valence-electron chi connectivity index (χ1n) is 9.56. The monoisotopic (exact) mass is 376 g/mol. The number of rotatable bonds is 5. The Hall–Kier alpha value is -3.28. The number of aromatic nitrogens is 1. The number of aromatic amines is 1. The maximum absolute atomic E-state index is 12.3. The van der Waals surface area contributed by atoms with Crippen molar-refractivity contribution in [1.82, 2.24) is 15.6 Å². The summed E-state index contributed by atoms with van der Waals surface area (Å²) in [6, 6.07) is 15.6. The van der Waals surface area contributed by atoms with E-state index in [0.29, 0.717) is 19.5 Å². The summed E-state index contributed by atoms with van der Waals surface area (Å²) in [6.45, 7) is 3.05. The standard InChI is InChI=1S/C22H24N4O2/c1-15-6-8-18(9-7-15)26-14-17(12-21(26)27)25-22(28)23-11-10-16-13-24-20-5-3-2-4-19(16)20/h2-9,13,17,24H,10-12,14H2,1H3,(H2,23,25,28)/t17-/m1/s1. The number of fused-ring (bicyclic) bond motifs is 1. The molecule has 3 N–H and O–H groups in total. The average molecular weight is 376 g/mol. The molecule has 0 saturated carbocycles. The fourth-order valence-corrected chi connectivity index (χ4v) is 3.66. The summed E-state index contributed by atoms with van der Waals surface area (Å²) in [6.07, 6.45) is 3.06. The van der Waals surface area contributed by atoms with Crippen LogP contribution in [0.4, 0.5) is 10.5 Å². The topological polar surface area (TPSA) is 77.2 Å². The average Bonchev–Trinajstić information content (AvgIpc) is 3.26. The van der Waals surface area contributed by atoms with Crippen LogP contribution in [0.15, 0.2) is 54.7 Å². The van der Waals surface area contributed by atoms with Crippen LogP contribution in [0.3, 0.4) is 0 Å². The second-order valence-corrected chi connectivity index (χ2v) is 7.25. The van der Waals surface area contributed by atoms with E-state index in [2.05, 4.69) is 21.7 Å². The van der Waals surface area contributed by atoms with Crippen LogP contribution >= 0.6 is 0 Å². The Labute approximate surface area is 163 Å². The highest BCUT2D eigenvalue weighted by molar-refractivity contribution is 5.96. The SMILES string of the molecule is Cc1ccc(N2C[C@H](NC(=O)NCCc3c[nH]c4ccccc34)CC2=O)cc1. The summed E-state index contributed by atoms with van der Waals surface area (Å²) in [7, 11) is 0. The van der Waals surface area contributed by atoms with Gasteiger partial charge in [0.15, 0.2) is 0 Å². The molecule has 1 aliphatic heterocycles. The van der Waals surface area contributed by atoms with Crippen molar-refractivity contribution >= 4 is 28.5 Å². The maximum Gasteiger partial charge on any atom is 0.315 e. The molecule has 6 heteroatoms. The molecule has 1 aliphatic rings. The number of carbonyl (C=O) groups is 2. The Morgan fingerprint density at radius 1 is 1.18 bits per heavy atom. The summed E-state index contributed by atoms with van der Waals surface area (Å²) in [5, 5.41) is 6.99. The molecule has 28 heavy (non-hydrogen) atoms. The van der Waals surface area contributed by atoms with Gasteiger partial charge in [-0.25, -0.2) is 4.79 Å². The zero-order valence-electron chi connectivity index (χ0n) is 15.9. The number of hydrogen-bond acceptors (Lipinski definition) is 2. The van der Waals surface area contributed by atoms with Crippen molar-refractivity contribution in [3.8, 4) is 0 Å². The van der Waals surface area contributed by atoms with Crippen LogP contribution in [0, 0.1) is 6.92 Å². The third-order valence-electron chi connectivity index (χ3n) is 5.16. The second kappa shape index (κ2) is 7.76. The molecular weight excluding hydrogens is 352 g/mol. The molecule has 0 unspecified atom stereocenters. The largest absolute Gasteiger partial charge is 0.361 e. The highest BCUT2D eigenvalue weighted by Crippen LogP contribution is 2.22. The van der Waals surface area contributed by atoms with Crippen LogP contribution in [-0.2, 0) is 11.2 Å². The van der Waals surface area contributed by atoms with E-state index in [-0.39, 0.29) is 18.0 Å². The summed E-state index contributed by atoms with van der Waals surface area (Å²) in [5.74, 6) is 0.0351. The van der Waals surface area contributed by atoms with Gasteiger partial charge in [0.2, 0.25) is 5.91 Å².